The van der Waals surface area contributed by atoms with E-state index < -0.39 is 0 Å². The molecular formula is C16H15N3. The Morgan fingerprint density at radius 3 is 3.11 bits per heavy atom. The molecule has 0 bridgehead atoms. The fourth-order valence-corrected chi connectivity index (χ4v) is 3.17. The highest BCUT2D eigenvalue weighted by Gasteiger charge is 2.25. The molecule has 4 rings (SSSR count). The molecule has 2 aromatic heterocycles. The van der Waals surface area contributed by atoms with Crippen LogP contribution in [-0.4, -0.2) is 9.38 Å². The molecule has 0 spiro atoms. The fourth-order valence-electron chi connectivity index (χ4n) is 3.17. The van der Waals surface area contributed by atoms with E-state index in [4.69, 9.17) is 5.73 Å². The minimum atomic E-state index is 0.459. The van der Waals surface area contributed by atoms with Crippen LogP contribution in [0.3, 0.4) is 0 Å². The zero-order chi connectivity index (χ0) is 12.8. The molecule has 0 amide bonds. The number of nitrogens with two attached hydrogens (primary N) is 1. The summed E-state index contributed by atoms with van der Waals surface area (Å²) in [5.74, 6) is 0.459. The summed E-state index contributed by atoms with van der Waals surface area (Å²) in [7, 11) is 0. The second-order valence-corrected chi connectivity index (χ2v) is 5.16. The molecule has 0 fully saturated rings. The summed E-state index contributed by atoms with van der Waals surface area (Å²) in [5.41, 5.74) is 12.1. The lowest BCUT2D eigenvalue weighted by Gasteiger charge is -2.12. The predicted octanol–water partition coefficient (Wildman–Crippen LogP) is 2.99. The van der Waals surface area contributed by atoms with Crippen molar-refractivity contribution < 1.29 is 0 Å². The summed E-state index contributed by atoms with van der Waals surface area (Å²) in [6.45, 7) is 0. The lowest BCUT2D eigenvalue weighted by Crippen LogP contribution is -1.98. The van der Waals surface area contributed by atoms with E-state index >= 15 is 0 Å². The van der Waals surface area contributed by atoms with Gasteiger partial charge < -0.3 is 10.1 Å². The summed E-state index contributed by atoms with van der Waals surface area (Å²) in [4.78, 5) is 4.36. The van der Waals surface area contributed by atoms with Crippen LogP contribution in [0.2, 0.25) is 0 Å². The van der Waals surface area contributed by atoms with E-state index in [-0.39, 0.29) is 0 Å². The van der Waals surface area contributed by atoms with Gasteiger partial charge in [-0.25, -0.2) is 4.98 Å². The predicted molar refractivity (Wildman–Crippen MR) is 76.2 cm³/mol. The van der Waals surface area contributed by atoms with E-state index in [1.165, 1.54) is 16.7 Å². The first-order valence-corrected chi connectivity index (χ1v) is 6.63. The minimum Gasteiger partial charge on any atom is -0.398 e. The van der Waals surface area contributed by atoms with Crippen LogP contribution in [0.5, 0.6) is 0 Å². The van der Waals surface area contributed by atoms with Gasteiger partial charge >= 0.3 is 0 Å². The van der Waals surface area contributed by atoms with E-state index in [0.29, 0.717) is 5.92 Å². The van der Waals surface area contributed by atoms with E-state index in [1.807, 2.05) is 22.9 Å². The molecule has 1 aliphatic rings. The van der Waals surface area contributed by atoms with Gasteiger partial charge in [0.25, 0.3) is 0 Å². The highest BCUT2D eigenvalue weighted by molar-refractivity contribution is 5.57. The number of imidazole rings is 1. The van der Waals surface area contributed by atoms with E-state index in [9.17, 15) is 0 Å². The summed E-state index contributed by atoms with van der Waals surface area (Å²) in [6.07, 6.45) is 8.11. The highest BCUT2D eigenvalue weighted by Crippen LogP contribution is 2.40. The standard InChI is InChI=1S/C16H15N3/c17-15-3-1-2-13-12(4-5-14(13)15)11-6-8-19-9-7-18-16(19)10-11/h1-3,6-10,12H,4-5,17H2. The molecule has 3 aromatic rings. The average molecular weight is 249 g/mol. The fraction of sp³-hybridized carbons (Fsp3) is 0.188. The van der Waals surface area contributed by atoms with Crippen LogP contribution in [0.25, 0.3) is 5.65 Å². The summed E-state index contributed by atoms with van der Waals surface area (Å²) < 4.78 is 2.04. The van der Waals surface area contributed by atoms with Crippen molar-refractivity contribution in [3.8, 4) is 0 Å². The van der Waals surface area contributed by atoms with Crippen molar-refractivity contribution in [2.75, 3.05) is 5.73 Å². The molecule has 3 heteroatoms. The monoisotopic (exact) mass is 249 g/mol. The lowest BCUT2D eigenvalue weighted by atomic mass is 9.93. The van der Waals surface area contributed by atoms with Crippen molar-refractivity contribution in [3.05, 3.63) is 65.6 Å². The molecule has 3 nitrogen and oxygen atoms in total. The first-order valence-electron chi connectivity index (χ1n) is 6.63. The topological polar surface area (TPSA) is 43.3 Å². The number of hydrogen-bond donors (Lipinski definition) is 1. The van der Waals surface area contributed by atoms with Crippen LogP contribution in [0, 0.1) is 0 Å². The summed E-state index contributed by atoms with van der Waals surface area (Å²) in [6, 6.07) is 10.6. The molecule has 0 radical (unpaired) electrons. The van der Waals surface area contributed by atoms with Gasteiger partial charge in [-0.3, -0.25) is 0 Å². The van der Waals surface area contributed by atoms with Crippen molar-refractivity contribution in [1.29, 1.82) is 0 Å². The van der Waals surface area contributed by atoms with Crippen molar-refractivity contribution in [3.63, 3.8) is 0 Å². The number of benzene rings is 1. The van der Waals surface area contributed by atoms with Crippen LogP contribution in [0.4, 0.5) is 5.69 Å². The summed E-state index contributed by atoms with van der Waals surface area (Å²) >= 11 is 0. The lowest BCUT2D eigenvalue weighted by molar-refractivity contribution is 0.787. The normalized spacial score (nSPS) is 17.8. The molecular weight excluding hydrogens is 234 g/mol. The van der Waals surface area contributed by atoms with Gasteiger partial charge in [-0.05, 0) is 47.7 Å². The van der Waals surface area contributed by atoms with E-state index in [2.05, 4.69) is 35.4 Å². The Morgan fingerprint density at radius 1 is 1.21 bits per heavy atom. The Kier molecular flexibility index (Phi) is 2.15. The Balaban J connectivity index is 1.84. The largest absolute Gasteiger partial charge is 0.398 e. The maximum atomic E-state index is 6.07. The zero-order valence-corrected chi connectivity index (χ0v) is 10.6. The van der Waals surface area contributed by atoms with Gasteiger partial charge in [0.15, 0.2) is 0 Å². The van der Waals surface area contributed by atoms with Gasteiger partial charge in [0.2, 0.25) is 0 Å². The zero-order valence-electron chi connectivity index (χ0n) is 10.6. The third-order valence-electron chi connectivity index (χ3n) is 4.13. The molecule has 1 aromatic carbocycles. The van der Waals surface area contributed by atoms with Crippen molar-refractivity contribution >= 4 is 11.3 Å². The van der Waals surface area contributed by atoms with Crippen molar-refractivity contribution in [2.45, 2.75) is 18.8 Å². The molecule has 1 atom stereocenters. The number of nitrogen functional groups attached to an aromatic ring is 1. The third kappa shape index (κ3) is 1.55. The van der Waals surface area contributed by atoms with E-state index in [0.717, 1.165) is 24.2 Å². The van der Waals surface area contributed by atoms with Gasteiger partial charge in [0.05, 0.1) is 0 Å². The quantitative estimate of drug-likeness (QED) is 0.674. The Labute approximate surface area is 111 Å². The molecule has 1 unspecified atom stereocenters. The Hall–Kier alpha value is -2.29. The van der Waals surface area contributed by atoms with Gasteiger partial charge in [-0.15, -0.1) is 0 Å². The molecule has 2 heterocycles. The van der Waals surface area contributed by atoms with Gasteiger partial charge in [-0.2, -0.15) is 0 Å². The maximum Gasteiger partial charge on any atom is 0.136 e. The smallest absolute Gasteiger partial charge is 0.136 e. The molecule has 1 aliphatic carbocycles. The molecule has 0 aliphatic heterocycles. The van der Waals surface area contributed by atoms with Crippen LogP contribution in [-0.2, 0) is 6.42 Å². The number of hydrogen-bond acceptors (Lipinski definition) is 2. The molecule has 0 saturated carbocycles. The number of nitrogens with zero attached hydrogens (tertiary/aromatic N) is 2. The van der Waals surface area contributed by atoms with Crippen LogP contribution in [0.15, 0.2) is 48.9 Å². The summed E-state index contributed by atoms with van der Waals surface area (Å²) in [5, 5.41) is 0. The van der Waals surface area contributed by atoms with Gasteiger partial charge in [0, 0.05) is 30.2 Å². The van der Waals surface area contributed by atoms with Gasteiger partial charge in [-0.1, -0.05) is 12.1 Å². The SMILES string of the molecule is Nc1cccc2c1CCC2c1ccn2ccnc2c1. The Morgan fingerprint density at radius 2 is 2.16 bits per heavy atom. The third-order valence-corrected chi connectivity index (χ3v) is 4.13. The first kappa shape index (κ1) is 10.6. The van der Waals surface area contributed by atoms with Crippen LogP contribution in [0.1, 0.15) is 29.0 Å². The molecule has 2 N–H and O–H groups in total. The second kappa shape index (κ2) is 3.85. The number of pyridine rings is 1. The van der Waals surface area contributed by atoms with Gasteiger partial charge in [0.1, 0.15) is 5.65 Å². The Bertz CT molecular complexity index is 758. The minimum absolute atomic E-state index is 0.459. The maximum absolute atomic E-state index is 6.07. The second-order valence-electron chi connectivity index (χ2n) is 5.16. The number of fused-ring (bicyclic) bond motifs is 2. The van der Waals surface area contributed by atoms with Crippen molar-refractivity contribution in [2.24, 2.45) is 0 Å². The number of rotatable bonds is 1. The number of anilines is 1. The highest BCUT2D eigenvalue weighted by atomic mass is 15.0. The van der Waals surface area contributed by atoms with Crippen LogP contribution < -0.4 is 5.73 Å². The molecule has 19 heavy (non-hydrogen) atoms. The average Bonchev–Trinajstić information content (AvgIpc) is 3.04. The van der Waals surface area contributed by atoms with E-state index in [1.54, 1.807) is 0 Å². The molecule has 94 valence electrons. The number of aromatic nitrogens is 2. The molecule has 0 saturated heterocycles. The van der Waals surface area contributed by atoms with Crippen LogP contribution >= 0.6 is 0 Å². The first-order chi connectivity index (χ1) is 9.33. The van der Waals surface area contributed by atoms with Crippen molar-refractivity contribution in [1.82, 2.24) is 9.38 Å².